The van der Waals surface area contributed by atoms with Crippen LogP contribution in [0.2, 0.25) is 0 Å². The lowest BCUT2D eigenvalue weighted by atomic mass is 10.1. The van der Waals surface area contributed by atoms with E-state index in [9.17, 15) is 4.39 Å². The molecule has 1 N–H and O–H groups in total. The average Bonchev–Trinajstić information content (AvgIpc) is 2.46. The van der Waals surface area contributed by atoms with Crippen LogP contribution in [0.3, 0.4) is 0 Å². The Hall–Kier alpha value is -2.54. The number of benzene rings is 2. The maximum atomic E-state index is 13.6. The summed E-state index contributed by atoms with van der Waals surface area (Å²) in [5.74, 6) is 0.408. The Morgan fingerprint density at radius 3 is 2.84 bits per heavy atom. The van der Waals surface area contributed by atoms with Crippen LogP contribution >= 0.6 is 0 Å². The summed E-state index contributed by atoms with van der Waals surface area (Å²) >= 11 is 0. The third-order valence-corrected chi connectivity index (χ3v) is 2.73. The third-order valence-electron chi connectivity index (χ3n) is 2.73. The van der Waals surface area contributed by atoms with Crippen LogP contribution in [0.25, 0.3) is 0 Å². The van der Waals surface area contributed by atoms with Gasteiger partial charge < -0.3 is 10.1 Å². The van der Waals surface area contributed by atoms with E-state index in [1.807, 2.05) is 30.3 Å². The molecular formula is C15H13FN2O. The smallest absolute Gasteiger partial charge is 0.128 e. The third kappa shape index (κ3) is 3.23. The Morgan fingerprint density at radius 2 is 2.11 bits per heavy atom. The van der Waals surface area contributed by atoms with Crippen LogP contribution < -0.4 is 10.1 Å². The maximum absolute atomic E-state index is 13.6. The molecule has 0 saturated heterocycles. The van der Waals surface area contributed by atoms with E-state index >= 15 is 0 Å². The molecule has 2 aromatic rings. The minimum Gasteiger partial charge on any atom is -0.497 e. The van der Waals surface area contributed by atoms with Gasteiger partial charge in [0.15, 0.2) is 0 Å². The Morgan fingerprint density at radius 1 is 1.26 bits per heavy atom. The van der Waals surface area contributed by atoms with Crippen molar-refractivity contribution in [2.24, 2.45) is 0 Å². The highest BCUT2D eigenvalue weighted by Crippen LogP contribution is 2.18. The first kappa shape index (κ1) is 12.9. The molecule has 19 heavy (non-hydrogen) atoms. The molecule has 2 aromatic carbocycles. The fourth-order valence-electron chi connectivity index (χ4n) is 1.71. The van der Waals surface area contributed by atoms with Crippen molar-refractivity contribution < 1.29 is 9.13 Å². The van der Waals surface area contributed by atoms with Crippen molar-refractivity contribution in [1.29, 1.82) is 5.26 Å². The van der Waals surface area contributed by atoms with Crippen molar-refractivity contribution in [3.05, 3.63) is 59.4 Å². The highest BCUT2D eigenvalue weighted by Gasteiger charge is 2.04. The van der Waals surface area contributed by atoms with Gasteiger partial charge in [0.1, 0.15) is 11.6 Å². The first-order valence-corrected chi connectivity index (χ1v) is 5.79. The molecule has 0 heterocycles. The highest BCUT2D eigenvalue weighted by molar-refractivity contribution is 5.49. The molecule has 96 valence electrons. The fourth-order valence-corrected chi connectivity index (χ4v) is 1.71. The van der Waals surface area contributed by atoms with Crippen LogP contribution in [-0.2, 0) is 6.54 Å². The summed E-state index contributed by atoms with van der Waals surface area (Å²) in [6.45, 7) is 0.314. The molecular weight excluding hydrogens is 243 g/mol. The van der Waals surface area contributed by atoms with Gasteiger partial charge in [-0.1, -0.05) is 6.07 Å². The lowest BCUT2D eigenvalue weighted by molar-refractivity contribution is 0.415. The van der Waals surface area contributed by atoms with E-state index in [4.69, 9.17) is 10.00 Å². The number of nitriles is 1. The predicted octanol–water partition coefficient (Wildman–Crippen LogP) is 3.32. The molecule has 0 atom stereocenters. The SMILES string of the molecule is COc1cccc(NCc2cc(C#N)ccc2F)c1. The van der Waals surface area contributed by atoms with Crippen LogP contribution in [0.15, 0.2) is 42.5 Å². The van der Waals surface area contributed by atoms with Crippen LogP contribution in [-0.4, -0.2) is 7.11 Å². The number of nitrogens with zero attached hydrogens (tertiary/aromatic N) is 1. The minimum absolute atomic E-state index is 0.314. The van der Waals surface area contributed by atoms with E-state index in [0.29, 0.717) is 17.7 Å². The van der Waals surface area contributed by atoms with Gasteiger partial charge in [-0.05, 0) is 30.3 Å². The number of methoxy groups -OCH3 is 1. The van der Waals surface area contributed by atoms with Crippen LogP contribution in [0, 0.1) is 17.1 Å². The van der Waals surface area contributed by atoms with Gasteiger partial charge in [-0.25, -0.2) is 4.39 Å². The first-order chi connectivity index (χ1) is 9.22. The molecule has 4 heteroatoms. The first-order valence-electron chi connectivity index (χ1n) is 5.79. The standard InChI is InChI=1S/C15H13FN2O/c1-19-14-4-2-3-13(8-14)18-10-12-7-11(9-17)5-6-15(12)16/h2-8,18H,10H2,1H3. The lowest BCUT2D eigenvalue weighted by Gasteiger charge is -2.09. The van der Waals surface area contributed by atoms with E-state index in [0.717, 1.165) is 11.4 Å². The zero-order valence-electron chi connectivity index (χ0n) is 10.5. The second-order valence-electron chi connectivity index (χ2n) is 4.00. The quantitative estimate of drug-likeness (QED) is 0.912. The molecule has 0 aliphatic heterocycles. The zero-order valence-corrected chi connectivity index (χ0v) is 10.5. The molecule has 3 nitrogen and oxygen atoms in total. The number of ether oxygens (including phenoxy) is 1. The van der Waals surface area contributed by atoms with Gasteiger partial charge in [-0.3, -0.25) is 0 Å². The van der Waals surface area contributed by atoms with Gasteiger partial charge in [-0.2, -0.15) is 5.26 Å². The molecule has 0 aliphatic carbocycles. The van der Waals surface area contributed by atoms with Crippen molar-refractivity contribution in [2.45, 2.75) is 6.54 Å². The Balaban J connectivity index is 2.12. The molecule has 0 fully saturated rings. The molecule has 0 aromatic heterocycles. The van der Waals surface area contributed by atoms with E-state index < -0.39 is 0 Å². The predicted molar refractivity (Wildman–Crippen MR) is 71.4 cm³/mol. The maximum Gasteiger partial charge on any atom is 0.128 e. The summed E-state index contributed by atoms with van der Waals surface area (Å²) in [6, 6.07) is 13.7. The van der Waals surface area contributed by atoms with E-state index in [2.05, 4.69) is 5.32 Å². The van der Waals surface area contributed by atoms with Gasteiger partial charge in [-0.15, -0.1) is 0 Å². The minimum atomic E-state index is -0.325. The molecule has 0 amide bonds. The summed E-state index contributed by atoms with van der Waals surface area (Å²) < 4.78 is 18.7. The molecule has 0 bridgehead atoms. The van der Waals surface area contributed by atoms with Gasteiger partial charge in [0, 0.05) is 23.9 Å². The Kier molecular flexibility index (Phi) is 3.99. The topological polar surface area (TPSA) is 45.0 Å². The van der Waals surface area contributed by atoms with Gasteiger partial charge in [0.25, 0.3) is 0 Å². The van der Waals surface area contributed by atoms with Gasteiger partial charge in [0.2, 0.25) is 0 Å². The van der Waals surface area contributed by atoms with Crippen molar-refractivity contribution in [3.8, 4) is 11.8 Å². The van der Waals surface area contributed by atoms with Gasteiger partial charge >= 0.3 is 0 Å². The molecule has 0 saturated carbocycles. The summed E-state index contributed by atoms with van der Waals surface area (Å²) in [6.07, 6.45) is 0. The summed E-state index contributed by atoms with van der Waals surface area (Å²) in [7, 11) is 1.59. The van der Waals surface area contributed by atoms with Crippen molar-refractivity contribution in [1.82, 2.24) is 0 Å². The number of hydrogen-bond acceptors (Lipinski definition) is 3. The second kappa shape index (κ2) is 5.87. The van der Waals surface area contributed by atoms with E-state index in [1.54, 1.807) is 13.2 Å². The number of halogens is 1. The lowest BCUT2D eigenvalue weighted by Crippen LogP contribution is -2.02. The average molecular weight is 256 g/mol. The largest absolute Gasteiger partial charge is 0.497 e. The Labute approximate surface area is 111 Å². The summed E-state index contributed by atoms with van der Waals surface area (Å²) in [5.41, 5.74) is 1.74. The zero-order chi connectivity index (χ0) is 13.7. The Bertz CT molecular complexity index is 620. The molecule has 0 aliphatic rings. The normalized spacial score (nSPS) is 9.74. The summed E-state index contributed by atoms with van der Waals surface area (Å²) in [5, 5.41) is 11.9. The van der Waals surface area contributed by atoms with Crippen LogP contribution in [0.1, 0.15) is 11.1 Å². The van der Waals surface area contributed by atoms with E-state index in [1.165, 1.54) is 12.1 Å². The van der Waals surface area contributed by atoms with Gasteiger partial charge in [0.05, 0.1) is 18.7 Å². The molecule has 0 spiro atoms. The van der Waals surface area contributed by atoms with Crippen molar-refractivity contribution >= 4 is 5.69 Å². The van der Waals surface area contributed by atoms with Crippen molar-refractivity contribution in [3.63, 3.8) is 0 Å². The monoisotopic (exact) mass is 256 g/mol. The second-order valence-corrected chi connectivity index (χ2v) is 4.00. The number of anilines is 1. The van der Waals surface area contributed by atoms with Crippen molar-refractivity contribution in [2.75, 3.05) is 12.4 Å². The highest BCUT2D eigenvalue weighted by atomic mass is 19.1. The summed E-state index contributed by atoms with van der Waals surface area (Å²) in [4.78, 5) is 0. The fraction of sp³-hybridized carbons (Fsp3) is 0.133. The molecule has 0 radical (unpaired) electrons. The van der Waals surface area contributed by atoms with Crippen LogP contribution in [0.5, 0.6) is 5.75 Å². The number of nitrogens with one attached hydrogen (secondary N) is 1. The van der Waals surface area contributed by atoms with E-state index in [-0.39, 0.29) is 5.82 Å². The van der Waals surface area contributed by atoms with Crippen LogP contribution in [0.4, 0.5) is 10.1 Å². The number of rotatable bonds is 4. The molecule has 0 unspecified atom stereocenters. The number of hydrogen-bond donors (Lipinski definition) is 1. The molecule has 2 rings (SSSR count).